The van der Waals surface area contributed by atoms with E-state index < -0.39 is 10.0 Å². The number of carbonyl (C=O) groups is 1. The molecule has 1 amide bonds. The molecule has 2 aromatic rings. The summed E-state index contributed by atoms with van der Waals surface area (Å²) in [6, 6.07) is 9.78. The number of ether oxygens (including phenoxy) is 1. The summed E-state index contributed by atoms with van der Waals surface area (Å²) in [7, 11) is -1.98. The SMILES string of the molecule is COc1cc(Cl)c(C)cc1NC(=O)/C=C/c1ccc(S(=O)(=O)NC2CC2)cc1. The van der Waals surface area contributed by atoms with Crippen LogP contribution in [0, 0.1) is 6.92 Å². The van der Waals surface area contributed by atoms with Crippen LogP contribution >= 0.6 is 11.6 Å². The topological polar surface area (TPSA) is 84.5 Å². The van der Waals surface area contributed by atoms with Gasteiger partial charge in [0, 0.05) is 23.2 Å². The lowest BCUT2D eigenvalue weighted by Crippen LogP contribution is -2.25. The Morgan fingerprint density at radius 2 is 1.89 bits per heavy atom. The molecule has 28 heavy (non-hydrogen) atoms. The maximum absolute atomic E-state index is 12.2. The number of rotatable bonds is 7. The van der Waals surface area contributed by atoms with Crippen molar-refractivity contribution in [3.8, 4) is 5.75 Å². The summed E-state index contributed by atoms with van der Waals surface area (Å²) in [6.07, 6.45) is 4.74. The first kappa shape index (κ1) is 20.4. The fourth-order valence-corrected chi connectivity index (χ4v) is 3.98. The van der Waals surface area contributed by atoms with Crippen molar-refractivity contribution < 1.29 is 17.9 Å². The Morgan fingerprint density at radius 1 is 1.21 bits per heavy atom. The fraction of sp³-hybridized carbons (Fsp3) is 0.250. The largest absolute Gasteiger partial charge is 0.495 e. The van der Waals surface area contributed by atoms with Gasteiger partial charge in [0.1, 0.15) is 5.75 Å². The molecule has 0 bridgehead atoms. The summed E-state index contributed by atoms with van der Waals surface area (Å²) < 4.78 is 32.2. The van der Waals surface area contributed by atoms with Gasteiger partial charge in [0.15, 0.2) is 0 Å². The average Bonchev–Trinajstić information content (AvgIpc) is 3.46. The van der Waals surface area contributed by atoms with E-state index in [0.29, 0.717) is 22.0 Å². The Morgan fingerprint density at radius 3 is 2.50 bits per heavy atom. The molecule has 1 aliphatic carbocycles. The second-order valence-electron chi connectivity index (χ2n) is 6.59. The van der Waals surface area contributed by atoms with Crippen molar-refractivity contribution in [1.29, 1.82) is 0 Å². The molecule has 0 radical (unpaired) electrons. The van der Waals surface area contributed by atoms with E-state index in [-0.39, 0.29) is 16.8 Å². The molecule has 2 aromatic carbocycles. The number of hydrogen-bond acceptors (Lipinski definition) is 4. The van der Waals surface area contributed by atoms with Crippen LogP contribution in [-0.4, -0.2) is 27.5 Å². The minimum Gasteiger partial charge on any atom is -0.495 e. The number of hydrogen-bond donors (Lipinski definition) is 2. The van der Waals surface area contributed by atoms with Gasteiger partial charge in [0.05, 0.1) is 17.7 Å². The lowest BCUT2D eigenvalue weighted by molar-refractivity contribution is -0.111. The van der Waals surface area contributed by atoms with E-state index in [4.69, 9.17) is 16.3 Å². The van der Waals surface area contributed by atoms with Crippen molar-refractivity contribution in [2.45, 2.75) is 30.7 Å². The molecule has 3 rings (SSSR count). The minimum absolute atomic E-state index is 0.0572. The van der Waals surface area contributed by atoms with Gasteiger partial charge in [0.2, 0.25) is 15.9 Å². The van der Waals surface area contributed by atoms with Crippen LogP contribution in [0.2, 0.25) is 5.02 Å². The number of carbonyl (C=O) groups excluding carboxylic acids is 1. The minimum atomic E-state index is -3.48. The molecule has 1 aliphatic rings. The highest BCUT2D eigenvalue weighted by Gasteiger charge is 2.27. The molecule has 0 aromatic heterocycles. The van der Waals surface area contributed by atoms with Gasteiger partial charge in [-0.3, -0.25) is 4.79 Å². The Kier molecular flexibility index (Phi) is 6.07. The molecule has 0 spiro atoms. The molecule has 2 N–H and O–H groups in total. The van der Waals surface area contributed by atoms with Crippen LogP contribution in [0.3, 0.4) is 0 Å². The third-order valence-corrected chi connectivity index (χ3v) is 6.20. The van der Waals surface area contributed by atoms with Crippen LogP contribution in [0.15, 0.2) is 47.4 Å². The predicted molar refractivity (Wildman–Crippen MR) is 110 cm³/mol. The number of nitrogens with one attached hydrogen (secondary N) is 2. The van der Waals surface area contributed by atoms with Gasteiger partial charge < -0.3 is 10.1 Å². The lowest BCUT2D eigenvalue weighted by atomic mass is 10.2. The zero-order valence-electron chi connectivity index (χ0n) is 15.5. The highest BCUT2D eigenvalue weighted by molar-refractivity contribution is 7.89. The van der Waals surface area contributed by atoms with Gasteiger partial charge in [-0.05, 0) is 55.2 Å². The Bertz CT molecular complexity index is 1010. The molecule has 0 heterocycles. The number of anilines is 1. The first-order chi connectivity index (χ1) is 13.3. The Hall–Kier alpha value is -2.35. The van der Waals surface area contributed by atoms with Gasteiger partial charge in [-0.25, -0.2) is 13.1 Å². The lowest BCUT2D eigenvalue weighted by Gasteiger charge is -2.11. The van der Waals surface area contributed by atoms with Crippen molar-refractivity contribution in [3.63, 3.8) is 0 Å². The van der Waals surface area contributed by atoms with Gasteiger partial charge in [-0.2, -0.15) is 0 Å². The normalized spacial score (nSPS) is 14.2. The maximum atomic E-state index is 12.2. The molecule has 148 valence electrons. The van der Waals surface area contributed by atoms with Crippen molar-refractivity contribution in [2.24, 2.45) is 0 Å². The van der Waals surface area contributed by atoms with Gasteiger partial charge in [-0.1, -0.05) is 23.7 Å². The second-order valence-corrected chi connectivity index (χ2v) is 8.71. The van der Waals surface area contributed by atoms with Crippen LogP contribution in [0.5, 0.6) is 5.75 Å². The molecule has 0 aliphatic heterocycles. The van der Waals surface area contributed by atoms with Gasteiger partial charge >= 0.3 is 0 Å². The highest BCUT2D eigenvalue weighted by atomic mass is 35.5. The first-order valence-corrected chi connectivity index (χ1v) is 10.6. The summed E-state index contributed by atoms with van der Waals surface area (Å²) in [4.78, 5) is 12.4. The maximum Gasteiger partial charge on any atom is 0.248 e. The van der Waals surface area contributed by atoms with Crippen molar-refractivity contribution in [3.05, 3.63) is 58.6 Å². The van der Waals surface area contributed by atoms with E-state index in [2.05, 4.69) is 10.0 Å². The molecule has 1 saturated carbocycles. The van der Waals surface area contributed by atoms with Crippen LogP contribution in [0.1, 0.15) is 24.0 Å². The number of methoxy groups -OCH3 is 1. The number of halogens is 1. The molecular formula is C20H21ClN2O4S. The predicted octanol–water partition coefficient (Wildman–Crippen LogP) is 3.75. The van der Waals surface area contributed by atoms with E-state index in [1.165, 1.54) is 25.3 Å². The molecule has 0 saturated heterocycles. The molecule has 0 unspecified atom stereocenters. The third kappa shape index (κ3) is 5.13. The van der Waals surface area contributed by atoms with Crippen LogP contribution in [0.25, 0.3) is 6.08 Å². The van der Waals surface area contributed by atoms with Gasteiger partial charge in [-0.15, -0.1) is 0 Å². The van der Waals surface area contributed by atoms with Crippen molar-refractivity contribution >= 4 is 39.3 Å². The molecule has 8 heteroatoms. The second kappa shape index (κ2) is 8.34. The summed E-state index contributed by atoms with van der Waals surface area (Å²) in [5.74, 6) is 0.127. The summed E-state index contributed by atoms with van der Waals surface area (Å²) in [5, 5.41) is 3.30. The smallest absolute Gasteiger partial charge is 0.248 e. The first-order valence-electron chi connectivity index (χ1n) is 8.74. The number of aryl methyl sites for hydroxylation is 1. The average molecular weight is 421 g/mol. The van der Waals surface area contributed by atoms with Crippen molar-refractivity contribution in [2.75, 3.05) is 12.4 Å². The molecule has 1 fully saturated rings. The quantitative estimate of drug-likeness (QED) is 0.668. The van der Waals surface area contributed by atoms with E-state index in [0.717, 1.165) is 18.4 Å². The molecule has 6 nitrogen and oxygen atoms in total. The number of benzene rings is 2. The molecule has 0 atom stereocenters. The fourth-order valence-electron chi connectivity index (χ4n) is 2.52. The summed E-state index contributed by atoms with van der Waals surface area (Å²) in [6.45, 7) is 1.83. The monoisotopic (exact) mass is 420 g/mol. The third-order valence-electron chi connectivity index (χ3n) is 4.26. The van der Waals surface area contributed by atoms with E-state index >= 15 is 0 Å². The van der Waals surface area contributed by atoms with Crippen LogP contribution in [0.4, 0.5) is 5.69 Å². The zero-order chi connectivity index (χ0) is 20.3. The van der Waals surface area contributed by atoms with Crippen LogP contribution < -0.4 is 14.8 Å². The zero-order valence-corrected chi connectivity index (χ0v) is 17.1. The molecular weight excluding hydrogens is 400 g/mol. The Labute approximate surface area is 169 Å². The Balaban J connectivity index is 1.67. The summed E-state index contributed by atoms with van der Waals surface area (Å²) >= 11 is 6.06. The van der Waals surface area contributed by atoms with Crippen molar-refractivity contribution in [1.82, 2.24) is 4.72 Å². The summed E-state index contributed by atoms with van der Waals surface area (Å²) in [5.41, 5.74) is 2.05. The number of sulfonamides is 1. The van der Waals surface area contributed by atoms with E-state index in [1.54, 1.807) is 30.3 Å². The highest BCUT2D eigenvalue weighted by Crippen LogP contribution is 2.31. The van der Waals surface area contributed by atoms with Crippen LogP contribution in [-0.2, 0) is 14.8 Å². The number of amides is 1. The standard InChI is InChI=1S/C20H21ClN2O4S/c1-13-11-18(19(27-2)12-17(13)21)22-20(24)10-5-14-3-8-16(9-4-14)28(25,26)23-15-6-7-15/h3-5,8-12,15,23H,6-7H2,1-2H3,(H,22,24)/b10-5+. The van der Waals surface area contributed by atoms with E-state index in [9.17, 15) is 13.2 Å². The van der Waals surface area contributed by atoms with Gasteiger partial charge in [0.25, 0.3) is 0 Å². The van der Waals surface area contributed by atoms with E-state index in [1.807, 2.05) is 6.92 Å².